The molecule has 0 unspecified atom stereocenters. The minimum atomic E-state index is -0.263. The number of aryl methyl sites for hydroxylation is 1. The Morgan fingerprint density at radius 2 is 1.44 bits per heavy atom. The number of ether oxygens (including phenoxy) is 2. The van der Waals surface area contributed by atoms with Gasteiger partial charge < -0.3 is 18.4 Å². The van der Waals surface area contributed by atoms with Gasteiger partial charge in [-0.3, -0.25) is 9.59 Å². The van der Waals surface area contributed by atoms with Crippen LogP contribution in [-0.4, -0.2) is 76.3 Å². The van der Waals surface area contributed by atoms with Gasteiger partial charge in [0.1, 0.15) is 11.5 Å². The molecule has 0 saturated heterocycles. The Kier molecular flexibility index (Phi) is 12.0. The second kappa shape index (κ2) is 14.3. The standard InChI is InChI=1S/C33H54N2O4/c1-11-12-13-14-26-22-29(38-31(36)17-19-34(5,6)7)33(28-21-25(4)15-16-27(28)24(2)3)30(23-26)39-32(37)18-20-35(8,9)10/h21-23,27-28H,2,11-20H2,1,3-10H3/q+2/t27-,28+/m0/s1. The van der Waals surface area contributed by atoms with Gasteiger partial charge in [-0.2, -0.15) is 0 Å². The van der Waals surface area contributed by atoms with Crippen LogP contribution in [0, 0.1) is 5.92 Å². The lowest BCUT2D eigenvalue weighted by molar-refractivity contribution is -0.869. The first-order valence-corrected chi connectivity index (χ1v) is 14.6. The molecule has 6 nitrogen and oxygen atoms in total. The van der Waals surface area contributed by atoms with E-state index in [1.807, 2.05) is 12.1 Å². The van der Waals surface area contributed by atoms with Gasteiger partial charge in [0.05, 0.1) is 68.2 Å². The van der Waals surface area contributed by atoms with E-state index >= 15 is 0 Å². The third-order valence-corrected chi connectivity index (χ3v) is 7.37. The Labute approximate surface area is 237 Å². The molecule has 0 fully saturated rings. The minimum Gasteiger partial charge on any atom is -0.426 e. The first kappa shape index (κ1) is 32.8. The van der Waals surface area contributed by atoms with Crippen LogP contribution >= 0.6 is 0 Å². The summed E-state index contributed by atoms with van der Waals surface area (Å²) < 4.78 is 13.6. The van der Waals surface area contributed by atoms with Gasteiger partial charge >= 0.3 is 11.9 Å². The smallest absolute Gasteiger partial charge is 0.316 e. The summed E-state index contributed by atoms with van der Waals surface area (Å²) in [5.74, 6) is 0.607. The predicted octanol–water partition coefficient (Wildman–Crippen LogP) is 6.44. The molecule has 0 saturated carbocycles. The molecule has 0 amide bonds. The predicted molar refractivity (Wildman–Crippen MR) is 160 cm³/mol. The highest BCUT2D eigenvalue weighted by Crippen LogP contribution is 2.47. The van der Waals surface area contributed by atoms with E-state index in [0.717, 1.165) is 55.2 Å². The van der Waals surface area contributed by atoms with Crippen LogP contribution in [0.3, 0.4) is 0 Å². The summed E-state index contributed by atoms with van der Waals surface area (Å²) in [5.41, 5.74) is 4.19. The number of carbonyl (C=O) groups is 2. The van der Waals surface area contributed by atoms with Crippen molar-refractivity contribution in [2.45, 2.75) is 78.1 Å². The maximum atomic E-state index is 13.1. The van der Waals surface area contributed by atoms with Crippen LogP contribution in [-0.2, 0) is 16.0 Å². The Morgan fingerprint density at radius 3 is 1.87 bits per heavy atom. The Morgan fingerprint density at radius 1 is 0.923 bits per heavy atom. The molecule has 0 radical (unpaired) electrons. The minimum absolute atomic E-state index is 0.0802. The fourth-order valence-corrected chi connectivity index (χ4v) is 4.98. The molecule has 218 valence electrons. The zero-order chi connectivity index (χ0) is 29.4. The summed E-state index contributed by atoms with van der Waals surface area (Å²) in [5, 5.41) is 0. The zero-order valence-electron chi connectivity index (χ0n) is 26.2. The largest absolute Gasteiger partial charge is 0.426 e. The molecular formula is C33H54N2O4+2. The van der Waals surface area contributed by atoms with Crippen molar-refractivity contribution in [3.8, 4) is 11.5 Å². The number of benzene rings is 1. The van der Waals surface area contributed by atoms with Gasteiger partial charge in [0.25, 0.3) is 0 Å². The number of nitrogens with zero attached hydrogens (tertiary/aromatic N) is 2. The highest BCUT2D eigenvalue weighted by Gasteiger charge is 2.33. The molecule has 6 heteroatoms. The number of quaternary nitrogens is 2. The van der Waals surface area contributed by atoms with Crippen LogP contribution in [0.1, 0.15) is 82.8 Å². The molecule has 0 bridgehead atoms. The number of carbonyl (C=O) groups excluding carboxylic acids is 2. The van der Waals surface area contributed by atoms with Gasteiger partial charge in [0.15, 0.2) is 0 Å². The average molecular weight is 543 g/mol. The molecule has 1 aromatic carbocycles. The fourth-order valence-electron chi connectivity index (χ4n) is 4.98. The molecule has 1 aliphatic rings. The Balaban J connectivity index is 2.62. The molecule has 39 heavy (non-hydrogen) atoms. The first-order valence-electron chi connectivity index (χ1n) is 14.6. The average Bonchev–Trinajstić information content (AvgIpc) is 2.80. The molecule has 0 aromatic heterocycles. The lowest BCUT2D eigenvalue weighted by Crippen LogP contribution is -2.37. The van der Waals surface area contributed by atoms with E-state index in [1.165, 1.54) is 5.57 Å². The molecule has 0 N–H and O–H groups in total. The molecule has 0 heterocycles. The number of unbranched alkanes of at least 4 members (excludes halogenated alkanes) is 2. The van der Waals surface area contributed by atoms with Crippen molar-refractivity contribution in [1.82, 2.24) is 0 Å². The quantitative estimate of drug-likeness (QED) is 0.0893. The lowest BCUT2D eigenvalue weighted by Gasteiger charge is -2.33. The van der Waals surface area contributed by atoms with Crippen molar-refractivity contribution in [3.63, 3.8) is 0 Å². The van der Waals surface area contributed by atoms with E-state index in [2.05, 4.69) is 75.7 Å². The van der Waals surface area contributed by atoms with Gasteiger partial charge in [-0.25, -0.2) is 0 Å². The molecule has 2 rings (SSSR count). The second-order valence-electron chi connectivity index (χ2n) is 13.5. The van der Waals surface area contributed by atoms with Crippen LogP contribution in [0.15, 0.2) is 35.9 Å². The van der Waals surface area contributed by atoms with E-state index in [0.29, 0.717) is 46.4 Å². The summed E-state index contributed by atoms with van der Waals surface area (Å²) in [4.78, 5) is 26.2. The summed E-state index contributed by atoms with van der Waals surface area (Å²) in [7, 11) is 12.4. The molecule has 2 atom stereocenters. The van der Waals surface area contributed by atoms with Crippen LogP contribution in [0.2, 0.25) is 0 Å². The van der Waals surface area contributed by atoms with E-state index in [9.17, 15) is 9.59 Å². The normalized spacial score (nSPS) is 17.9. The molecule has 0 aliphatic heterocycles. The van der Waals surface area contributed by atoms with Crippen molar-refractivity contribution < 1.29 is 28.0 Å². The van der Waals surface area contributed by atoms with E-state index in [1.54, 1.807) is 0 Å². The summed E-state index contributed by atoms with van der Waals surface area (Å²) in [6.07, 6.45) is 8.93. The Hall–Kier alpha value is -2.44. The van der Waals surface area contributed by atoms with Crippen molar-refractivity contribution in [3.05, 3.63) is 47.1 Å². The Bertz CT molecular complexity index is 990. The molecule has 1 aliphatic carbocycles. The van der Waals surface area contributed by atoms with Gasteiger partial charge in [0.2, 0.25) is 0 Å². The van der Waals surface area contributed by atoms with Crippen LogP contribution in [0.25, 0.3) is 0 Å². The van der Waals surface area contributed by atoms with Crippen LogP contribution in [0.4, 0.5) is 0 Å². The third-order valence-electron chi connectivity index (χ3n) is 7.37. The molecule has 0 spiro atoms. The van der Waals surface area contributed by atoms with Gasteiger partial charge in [0, 0.05) is 11.5 Å². The van der Waals surface area contributed by atoms with E-state index in [-0.39, 0.29) is 23.8 Å². The van der Waals surface area contributed by atoms with Crippen molar-refractivity contribution in [2.24, 2.45) is 5.92 Å². The van der Waals surface area contributed by atoms with Gasteiger partial charge in [-0.15, -0.1) is 0 Å². The molecular weight excluding hydrogens is 488 g/mol. The maximum absolute atomic E-state index is 13.1. The fraction of sp³-hybridized carbons (Fsp3) is 0.636. The third kappa shape index (κ3) is 11.3. The van der Waals surface area contributed by atoms with Crippen LogP contribution < -0.4 is 9.47 Å². The van der Waals surface area contributed by atoms with Gasteiger partial charge in [-0.1, -0.05) is 43.6 Å². The van der Waals surface area contributed by atoms with Gasteiger partial charge in [-0.05, 0) is 63.1 Å². The maximum Gasteiger partial charge on any atom is 0.316 e. The van der Waals surface area contributed by atoms with Crippen LogP contribution in [0.5, 0.6) is 11.5 Å². The highest BCUT2D eigenvalue weighted by molar-refractivity contribution is 5.76. The van der Waals surface area contributed by atoms with E-state index < -0.39 is 0 Å². The second-order valence-corrected chi connectivity index (χ2v) is 13.5. The van der Waals surface area contributed by atoms with Crippen molar-refractivity contribution in [2.75, 3.05) is 55.4 Å². The lowest BCUT2D eigenvalue weighted by atomic mass is 9.73. The number of rotatable bonds is 14. The topological polar surface area (TPSA) is 52.6 Å². The van der Waals surface area contributed by atoms with Crippen molar-refractivity contribution in [1.29, 1.82) is 0 Å². The van der Waals surface area contributed by atoms with Crippen molar-refractivity contribution >= 4 is 11.9 Å². The first-order chi connectivity index (χ1) is 18.1. The summed E-state index contributed by atoms with van der Waals surface area (Å²) in [6, 6.07) is 4.01. The SMILES string of the molecule is C=C(C)[C@@H]1CCC(C)=C[C@H]1c1c(OC(=O)CC[N+](C)(C)C)cc(CCCCC)cc1OC(=O)CC[N+](C)(C)C. The summed E-state index contributed by atoms with van der Waals surface area (Å²) in [6.45, 7) is 12.0. The monoisotopic (exact) mass is 542 g/mol. The number of hydrogen-bond donors (Lipinski definition) is 0. The number of hydrogen-bond acceptors (Lipinski definition) is 4. The number of esters is 2. The summed E-state index contributed by atoms with van der Waals surface area (Å²) >= 11 is 0. The highest BCUT2D eigenvalue weighted by atomic mass is 16.5. The number of allylic oxidation sites excluding steroid dienone is 3. The van der Waals surface area contributed by atoms with E-state index in [4.69, 9.17) is 9.47 Å². The molecule has 1 aromatic rings. The zero-order valence-corrected chi connectivity index (χ0v) is 26.2.